The second kappa shape index (κ2) is 11.7. The Balaban J connectivity index is 2.02. The summed E-state index contributed by atoms with van der Waals surface area (Å²) in [4.78, 5) is 0. The molecule has 1 N–H and O–H groups in total. The van der Waals surface area contributed by atoms with Crippen molar-refractivity contribution in [2.75, 3.05) is 53.8 Å². The summed E-state index contributed by atoms with van der Waals surface area (Å²) < 4.78 is 21.2. The molecule has 0 radical (unpaired) electrons. The molecule has 0 atom stereocenters. The van der Waals surface area contributed by atoms with Crippen molar-refractivity contribution in [3.05, 3.63) is 29.8 Å². The quantitative estimate of drug-likeness (QED) is 0.589. The minimum atomic E-state index is 0.543. The number of rotatable bonds is 12. The number of benzene rings is 1. The normalized spacial score (nSPS) is 10.7. The topological polar surface area (TPSA) is 49.0 Å². The third-order valence-corrected chi connectivity index (χ3v) is 2.58. The van der Waals surface area contributed by atoms with Crippen LogP contribution in [0.3, 0.4) is 0 Å². The maximum atomic E-state index is 5.62. The summed E-state index contributed by atoms with van der Waals surface area (Å²) in [6.07, 6.45) is 0. The molecule has 0 unspecified atom stereocenters. The Hall–Kier alpha value is -1.14. The highest BCUT2D eigenvalue weighted by Gasteiger charge is 1.96. The first-order chi connectivity index (χ1) is 9.86. The van der Waals surface area contributed by atoms with Gasteiger partial charge in [0.25, 0.3) is 0 Å². The van der Waals surface area contributed by atoms with Gasteiger partial charge in [-0.3, -0.25) is 0 Å². The van der Waals surface area contributed by atoms with Gasteiger partial charge in [-0.05, 0) is 24.7 Å². The minimum Gasteiger partial charge on any atom is -0.491 e. The first-order valence-electron chi connectivity index (χ1n) is 6.87. The lowest BCUT2D eigenvalue weighted by molar-refractivity contribution is 0.0179. The molecular weight excluding hydrogens is 258 g/mol. The van der Waals surface area contributed by atoms with Gasteiger partial charge >= 0.3 is 0 Å². The molecule has 1 aromatic rings. The molecule has 0 aliphatic heterocycles. The van der Waals surface area contributed by atoms with Gasteiger partial charge in [-0.2, -0.15) is 0 Å². The van der Waals surface area contributed by atoms with Crippen molar-refractivity contribution < 1.29 is 18.9 Å². The maximum Gasteiger partial charge on any atom is 0.119 e. The Bertz CT molecular complexity index is 346. The fourth-order valence-corrected chi connectivity index (χ4v) is 1.63. The van der Waals surface area contributed by atoms with Crippen molar-refractivity contribution in [3.8, 4) is 5.75 Å². The van der Waals surface area contributed by atoms with Gasteiger partial charge in [-0.25, -0.2) is 0 Å². The molecule has 0 heterocycles. The van der Waals surface area contributed by atoms with Crippen LogP contribution in [0.2, 0.25) is 0 Å². The average molecular weight is 283 g/mol. The van der Waals surface area contributed by atoms with E-state index in [0.29, 0.717) is 39.6 Å². The lowest BCUT2D eigenvalue weighted by Crippen LogP contribution is -2.12. The number of nitrogens with one attached hydrogen (secondary N) is 1. The Kier molecular flexibility index (Phi) is 9.87. The summed E-state index contributed by atoms with van der Waals surface area (Å²) in [7, 11) is 3.58. The van der Waals surface area contributed by atoms with Crippen molar-refractivity contribution >= 4 is 0 Å². The molecule has 114 valence electrons. The van der Waals surface area contributed by atoms with E-state index in [9.17, 15) is 0 Å². The van der Waals surface area contributed by atoms with Crippen LogP contribution in [0.4, 0.5) is 0 Å². The molecule has 1 aromatic carbocycles. The molecule has 0 bridgehead atoms. The van der Waals surface area contributed by atoms with Crippen molar-refractivity contribution in [2.45, 2.75) is 6.54 Å². The van der Waals surface area contributed by atoms with Crippen molar-refractivity contribution in [1.29, 1.82) is 0 Å². The van der Waals surface area contributed by atoms with Crippen LogP contribution in [0.15, 0.2) is 24.3 Å². The smallest absolute Gasteiger partial charge is 0.119 e. The average Bonchev–Trinajstić information content (AvgIpc) is 2.46. The second-order valence-electron chi connectivity index (χ2n) is 4.24. The van der Waals surface area contributed by atoms with E-state index in [1.54, 1.807) is 7.11 Å². The van der Waals surface area contributed by atoms with Crippen LogP contribution in [-0.2, 0) is 20.8 Å². The number of hydrogen-bond acceptors (Lipinski definition) is 5. The summed E-state index contributed by atoms with van der Waals surface area (Å²) in [5.41, 5.74) is 1.21. The largest absolute Gasteiger partial charge is 0.491 e. The monoisotopic (exact) mass is 283 g/mol. The molecule has 0 aliphatic carbocycles. The maximum absolute atomic E-state index is 5.62. The van der Waals surface area contributed by atoms with Gasteiger partial charge in [0, 0.05) is 13.7 Å². The van der Waals surface area contributed by atoms with Crippen LogP contribution in [0, 0.1) is 0 Å². The van der Waals surface area contributed by atoms with Crippen molar-refractivity contribution in [2.24, 2.45) is 0 Å². The van der Waals surface area contributed by atoms with Gasteiger partial charge in [0.2, 0.25) is 0 Å². The zero-order valence-corrected chi connectivity index (χ0v) is 12.4. The zero-order chi connectivity index (χ0) is 14.5. The van der Waals surface area contributed by atoms with Gasteiger partial charge in [-0.15, -0.1) is 0 Å². The third kappa shape index (κ3) is 8.12. The highest BCUT2D eigenvalue weighted by Crippen LogP contribution is 2.12. The SMILES string of the molecule is CNCc1cccc(OCCOCCOCCOC)c1. The zero-order valence-electron chi connectivity index (χ0n) is 12.4. The van der Waals surface area contributed by atoms with Crippen LogP contribution in [0.25, 0.3) is 0 Å². The number of ether oxygens (including phenoxy) is 4. The molecule has 0 saturated heterocycles. The van der Waals surface area contributed by atoms with Crippen LogP contribution in [0.5, 0.6) is 5.75 Å². The van der Waals surface area contributed by atoms with Crippen LogP contribution in [0.1, 0.15) is 5.56 Å². The highest BCUT2D eigenvalue weighted by atomic mass is 16.6. The summed E-state index contributed by atoms with van der Waals surface area (Å²) >= 11 is 0. The summed E-state index contributed by atoms with van der Waals surface area (Å²) in [6.45, 7) is 4.33. The van der Waals surface area contributed by atoms with E-state index in [4.69, 9.17) is 18.9 Å². The second-order valence-corrected chi connectivity index (χ2v) is 4.24. The van der Waals surface area contributed by atoms with E-state index in [1.165, 1.54) is 5.56 Å². The van der Waals surface area contributed by atoms with Crippen molar-refractivity contribution in [1.82, 2.24) is 5.32 Å². The lowest BCUT2D eigenvalue weighted by Gasteiger charge is -2.09. The molecule has 5 heteroatoms. The minimum absolute atomic E-state index is 0.543. The molecule has 0 aliphatic rings. The fraction of sp³-hybridized carbons (Fsp3) is 0.600. The molecule has 0 saturated carbocycles. The number of methoxy groups -OCH3 is 1. The summed E-state index contributed by atoms with van der Waals surface area (Å²) in [6, 6.07) is 8.04. The van der Waals surface area contributed by atoms with Gasteiger partial charge in [0.15, 0.2) is 0 Å². The molecular formula is C15H25NO4. The molecule has 5 nitrogen and oxygen atoms in total. The van der Waals surface area contributed by atoms with Crippen LogP contribution >= 0.6 is 0 Å². The predicted octanol–water partition coefficient (Wildman–Crippen LogP) is 1.46. The highest BCUT2D eigenvalue weighted by molar-refractivity contribution is 5.28. The Labute approximate surface area is 121 Å². The Morgan fingerprint density at radius 2 is 1.65 bits per heavy atom. The van der Waals surface area contributed by atoms with E-state index < -0.39 is 0 Å². The van der Waals surface area contributed by atoms with Crippen molar-refractivity contribution in [3.63, 3.8) is 0 Å². The van der Waals surface area contributed by atoms with E-state index >= 15 is 0 Å². The summed E-state index contributed by atoms with van der Waals surface area (Å²) in [5, 5.41) is 3.11. The fourth-order valence-electron chi connectivity index (χ4n) is 1.63. The van der Waals surface area contributed by atoms with E-state index in [1.807, 2.05) is 25.2 Å². The van der Waals surface area contributed by atoms with Gasteiger partial charge in [0.05, 0.1) is 33.0 Å². The number of hydrogen-bond donors (Lipinski definition) is 1. The Morgan fingerprint density at radius 1 is 0.950 bits per heavy atom. The van der Waals surface area contributed by atoms with E-state index in [-0.39, 0.29) is 0 Å². The molecule has 0 spiro atoms. The van der Waals surface area contributed by atoms with Crippen LogP contribution in [-0.4, -0.2) is 53.8 Å². The van der Waals surface area contributed by atoms with Crippen LogP contribution < -0.4 is 10.1 Å². The lowest BCUT2D eigenvalue weighted by atomic mass is 10.2. The standard InChI is InChI=1S/C15H25NO4/c1-16-13-14-4-3-5-15(12-14)20-11-10-19-9-8-18-7-6-17-2/h3-5,12,16H,6-11,13H2,1-2H3. The predicted molar refractivity (Wildman–Crippen MR) is 78.2 cm³/mol. The van der Waals surface area contributed by atoms with Gasteiger partial charge < -0.3 is 24.3 Å². The molecule has 20 heavy (non-hydrogen) atoms. The first kappa shape index (κ1) is 16.9. The van der Waals surface area contributed by atoms with Gasteiger partial charge in [0.1, 0.15) is 12.4 Å². The third-order valence-electron chi connectivity index (χ3n) is 2.58. The summed E-state index contributed by atoms with van der Waals surface area (Å²) in [5.74, 6) is 0.873. The first-order valence-corrected chi connectivity index (χ1v) is 6.87. The molecule has 0 aromatic heterocycles. The van der Waals surface area contributed by atoms with E-state index in [0.717, 1.165) is 12.3 Å². The molecule has 0 fully saturated rings. The van der Waals surface area contributed by atoms with E-state index in [2.05, 4.69) is 11.4 Å². The Morgan fingerprint density at radius 3 is 2.35 bits per heavy atom. The molecule has 1 rings (SSSR count). The molecule has 0 amide bonds. The van der Waals surface area contributed by atoms with Gasteiger partial charge in [-0.1, -0.05) is 12.1 Å².